The van der Waals surface area contributed by atoms with Gasteiger partial charge in [0.1, 0.15) is 5.67 Å². The number of halogens is 1. The van der Waals surface area contributed by atoms with Crippen molar-refractivity contribution in [3.8, 4) is 0 Å². The van der Waals surface area contributed by atoms with Crippen molar-refractivity contribution >= 4 is 11.8 Å². The van der Waals surface area contributed by atoms with E-state index in [-0.39, 0.29) is 30.5 Å². The van der Waals surface area contributed by atoms with E-state index in [9.17, 15) is 14.7 Å². The molecule has 0 aliphatic heterocycles. The van der Waals surface area contributed by atoms with Crippen LogP contribution in [0.2, 0.25) is 0 Å². The third-order valence-electron chi connectivity index (χ3n) is 9.14. The molecule has 0 radical (unpaired) electrons. The number of carboxylic acid groups (broad SMARTS) is 1. The third kappa shape index (κ3) is 2.43. The predicted molar refractivity (Wildman–Crippen MR) is 98.9 cm³/mol. The zero-order valence-electron chi connectivity index (χ0n) is 16.4. The van der Waals surface area contributed by atoms with Gasteiger partial charge in [-0.25, -0.2) is 4.39 Å². The van der Waals surface area contributed by atoms with E-state index in [2.05, 4.69) is 6.92 Å². The van der Waals surface area contributed by atoms with Crippen molar-refractivity contribution in [3.63, 3.8) is 0 Å². The number of hydrogen-bond acceptors (Lipinski definition) is 3. The van der Waals surface area contributed by atoms with Gasteiger partial charge in [-0.1, -0.05) is 19.4 Å². The molecule has 5 heteroatoms. The average Bonchev–Trinajstić information content (AvgIpc) is 2.87. The molecule has 0 saturated heterocycles. The minimum Gasteiger partial charge on any atom is -0.481 e. The molecule has 3 saturated carbocycles. The Hall–Kier alpha value is -1.23. The fraction of sp³-hybridized carbons (Fsp3) is 0.818. The Kier molecular flexibility index (Phi) is 4.16. The third-order valence-corrected chi connectivity index (χ3v) is 9.14. The molecule has 4 aliphatic rings. The fourth-order valence-electron chi connectivity index (χ4n) is 7.29. The summed E-state index contributed by atoms with van der Waals surface area (Å²) in [5, 5.41) is 20.4. The number of carbonyl (C=O) groups is 2. The molecule has 6 atom stereocenters. The van der Waals surface area contributed by atoms with E-state index >= 15 is 4.39 Å². The highest BCUT2D eigenvalue weighted by atomic mass is 19.1. The van der Waals surface area contributed by atoms with Crippen molar-refractivity contribution in [3.05, 3.63) is 11.6 Å². The SMILES string of the molecule is C[C@]12CC[C@]3(F)[C@@H](CCC4=CC(=O)CC[C@@]43C)[C@@H]1CCC2(O)CCC(=O)O. The minimum absolute atomic E-state index is 0.0447. The second-order valence-corrected chi connectivity index (χ2v) is 9.96. The van der Waals surface area contributed by atoms with E-state index in [0.717, 1.165) is 24.8 Å². The number of aliphatic carboxylic acids is 1. The van der Waals surface area contributed by atoms with E-state index in [4.69, 9.17) is 5.11 Å². The Morgan fingerprint density at radius 3 is 2.59 bits per heavy atom. The first-order valence-corrected chi connectivity index (χ1v) is 10.4. The number of ketones is 1. The van der Waals surface area contributed by atoms with Crippen LogP contribution >= 0.6 is 0 Å². The Bertz CT molecular complexity index is 717. The summed E-state index contributed by atoms with van der Waals surface area (Å²) in [6.45, 7) is 4.07. The van der Waals surface area contributed by atoms with E-state index in [1.54, 1.807) is 6.08 Å². The summed E-state index contributed by atoms with van der Waals surface area (Å²) in [6, 6.07) is 0. The maximum absolute atomic E-state index is 16.7. The molecule has 1 unspecified atom stereocenters. The number of carbonyl (C=O) groups excluding carboxylic acids is 1. The zero-order chi connectivity index (χ0) is 19.7. The molecule has 0 aromatic rings. The van der Waals surface area contributed by atoms with E-state index in [1.165, 1.54) is 0 Å². The van der Waals surface area contributed by atoms with Crippen molar-refractivity contribution in [1.82, 2.24) is 0 Å². The summed E-state index contributed by atoms with van der Waals surface area (Å²) in [6.07, 6.45) is 6.68. The van der Waals surface area contributed by atoms with Gasteiger partial charge in [0.2, 0.25) is 0 Å². The standard InChI is InChI=1S/C22H31FO4/c1-19-8-5-15(24)13-14(19)3-4-17-16-6-9-21(27,10-7-18(25)26)20(16,2)11-12-22(17,19)23/h13,16-17,27H,3-12H2,1-2H3,(H,25,26)/t16-,17-,19-,20-,21?,22-/m0/s1. The molecule has 27 heavy (non-hydrogen) atoms. The number of aliphatic hydroxyl groups is 1. The lowest BCUT2D eigenvalue weighted by molar-refractivity contribution is -0.179. The van der Waals surface area contributed by atoms with Crippen molar-refractivity contribution in [1.29, 1.82) is 0 Å². The van der Waals surface area contributed by atoms with Crippen molar-refractivity contribution in [2.24, 2.45) is 22.7 Å². The lowest BCUT2D eigenvalue weighted by Gasteiger charge is -2.62. The summed E-state index contributed by atoms with van der Waals surface area (Å²) in [4.78, 5) is 23.0. The molecule has 0 bridgehead atoms. The van der Waals surface area contributed by atoms with Crippen LogP contribution in [0.25, 0.3) is 0 Å². The van der Waals surface area contributed by atoms with Crippen LogP contribution in [0.3, 0.4) is 0 Å². The van der Waals surface area contributed by atoms with Crippen molar-refractivity contribution < 1.29 is 24.2 Å². The number of allylic oxidation sites excluding steroid dienone is 1. The van der Waals surface area contributed by atoms with Crippen LogP contribution in [0.1, 0.15) is 78.1 Å². The largest absolute Gasteiger partial charge is 0.481 e. The number of rotatable bonds is 3. The normalized spacial score (nSPS) is 49.0. The van der Waals surface area contributed by atoms with Gasteiger partial charge in [-0.3, -0.25) is 9.59 Å². The second-order valence-electron chi connectivity index (χ2n) is 9.96. The van der Waals surface area contributed by atoms with E-state index in [1.807, 2.05) is 6.92 Å². The van der Waals surface area contributed by atoms with Gasteiger partial charge in [-0.2, -0.15) is 0 Å². The minimum atomic E-state index is -1.33. The first-order valence-electron chi connectivity index (χ1n) is 10.4. The van der Waals surface area contributed by atoms with Crippen LogP contribution in [0, 0.1) is 22.7 Å². The monoisotopic (exact) mass is 378 g/mol. The highest BCUT2D eigenvalue weighted by Gasteiger charge is 2.69. The molecule has 3 fully saturated rings. The Labute approximate surface area is 160 Å². The van der Waals surface area contributed by atoms with Crippen molar-refractivity contribution in [2.45, 2.75) is 89.3 Å². The lowest BCUT2D eigenvalue weighted by atomic mass is 9.44. The van der Waals surface area contributed by atoms with Gasteiger partial charge in [-0.05, 0) is 74.7 Å². The van der Waals surface area contributed by atoms with Gasteiger partial charge in [0.15, 0.2) is 5.78 Å². The molecule has 2 N–H and O–H groups in total. The molecular formula is C22H31FO4. The second kappa shape index (κ2) is 5.88. The number of carboxylic acids is 1. The van der Waals surface area contributed by atoms with Gasteiger partial charge in [0.25, 0.3) is 0 Å². The van der Waals surface area contributed by atoms with Gasteiger partial charge in [0.05, 0.1) is 5.60 Å². The summed E-state index contributed by atoms with van der Waals surface area (Å²) in [5.41, 5.74) is -2.37. The first kappa shape index (κ1) is 19.1. The van der Waals surface area contributed by atoms with Crippen LogP contribution in [-0.4, -0.2) is 33.2 Å². The van der Waals surface area contributed by atoms with Crippen LogP contribution in [0.4, 0.5) is 4.39 Å². The molecule has 0 amide bonds. The van der Waals surface area contributed by atoms with Crippen LogP contribution < -0.4 is 0 Å². The number of hydrogen-bond donors (Lipinski definition) is 2. The maximum atomic E-state index is 16.7. The Balaban J connectivity index is 1.67. The summed E-state index contributed by atoms with van der Waals surface area (Å²) >= 11 is 0. The molecule has 0 aromatic carbocycles. The summed E-state index contributed by atoms with van der Waals surface area (Å²) in [7, 11) is 0. The predicted octanol–water partition coefficient (Wildman–Crippen LogP) is 4.21. The molecule has 4 rings (SSSR count). The smallest absolute Gasteiger partial charge is 0.303 e. The van der Waals surface area contributed by atoms with Crippen molar-refractivity contribution in [2.75, 3.05) is 0 Å². The van der Waals surface area contributed by atoms with E-state index < -0.39 is 28.1 Å². The first-order chi connectivity index (χ1) is 12.6. The Morgan fingerprint density at radius 1 is 1.15 bits per heavy atom. The van der Waals surface area contributed by atoms with Gasteiger partial charge in [-0.15, -0.1) is 0 Å². The average molecular weight is 378 g/mol. The maximum Gasteiger partial charge on any atom is 0.303 e. The molecule has 0 spiro atoms. The van der Waals surface area contributed by atoms with Gasteiger partial charge >= 0.3 is 5.97 Å². The molecule has 150 valence electrons. The zero-order valence-corrected chi connectivity index (χ0v) is 16.4. The molecule has 0 heterocycles. The number of alkyl halides is 1. The summed E-state index contributed by atoms with van der Waals surface area (Å²) in [5.74, 6) is -0.816. The molecular weight excluding hydrogens is 347 g/mol. The fourth-order valence-corrected chi connectivity index (χ4v) is 7.29. The summed E-state index contributed by atoms with van der Waals surface area (Å²) < 4.78 is 16.7. The molecule has 0 aromatic heterocycles. The highest BCUT2D eigenvalue weighted by Crippen LogP contribution is 2.70. The van der Waals surface area contributed by atoms with Gasteiger partial charge < -0.3 is 10.2 Å². The van der Waals surface area contributed by atoms with Crippen LogP contribution in [-0.2, 0) is 9.59 Å². The van der Waals surface area contributed by atoms with E-state index in [0.29, 0.717) is 32.1 Å². The van der Waals surface area contributed by atoms with Crippen LogP contribution in [0.5, 0.6) is 0 Å². The van der Waals surface area contributed by atoms with Gasteiger partial charge in [0, 0.05) is 18.3 Å². The topological polar surface area (TPSA) is 74.6 Å². The highest BCUT2D eigenvalue weighted by molar-refractivity contribution is 5.91. The molecule has 4 nitrogen and oxygen atoms in total. The lowest BCUT2D eigenvalue weighted by Crippen LogP contribution is -2.62. The van der Waals surface area contributed by atoms with Crippen LogP contribution in [0.15, 0.2) is 11.6 Å². The quantitative estimate of drug-likeness (QED) is 0.772. The number of fused-ring (bicyclic) bond motifs is 5. The Morgan fingerprint density at radius 2 is 1.89 bits per heavy atom. The molecule has 4 aliphatic carbocycles.